The summed E-state index contributed by atoms with van der Waals surface area (Å²) in [5.41, 5.74) is 0.979. The number of hydrogen-bond donors (Lipinski definition) is 1. The molecule has 0 atom stereocenters. The molecule has 0 amide bonds. The molecule has 0 aliphatic carbocycles. The number of carbonyl (C=O) groups is 1. The number of benzene rings is 1. The van der Waals surface area contributed by atoms with Gasteiger partial charge < -0.3 is 9.84 Å². The van der Waals surface area contributed by atoms with E-state index in [1.54, 1.807) is 13.0 Å². The average Bonchev–Trinajstić information content (AvgIpc) is 2.72. The third-order valence-corrected chi connectivity index (χ3v) is 5.35. The number of aryl methyl sites for hydroxylation is 1. The third kappa shape index (κ3) is 11.2. The van der Waals surface area contributed by atoms with Crippen LogP contribution in [0.25, 0.3) is 0 Å². The summed E-state index contributed by atoms with van der Waals surface area (Å²) in [6.45, 7) is 4.43. The van der Waals surface area contributed by atoms with E-state index in [1.165, 1.54) is 89.2 Å². The number of carboxylic acids is 1. The minimum atomic E-state index is -1.09. The van der Waals surface area contributed by atoms with E-state index < -0.39 is 5.97 Å². The van der Waals surface area contributed by atoms with Crippen molar-refractivity contribution in [2.24, 2.45) is 4.99 Å². The van der Waals surface area contributed by atoms with Crippen LogP contribution in [-0.4, -0.2) is 23.8 Å². The Bertz CT molecular complexity index is 642. The molecular weight excluding hydrogens is 378 g/mol. The molecule has 0 saturated heterocycles. The molecule has 0 unspecified atom stereocenters. The molecule has 0 bridgehead atoms. The number of hydrogen-bond acceptors (Lipinski definition) is 4. The zero-order chi connectivity index (χ0) is 22.0. The predicted octanol–water partition coefficient (Wildman–Crippen LogP) is 7.52. The Labute approximate surface area is 181 Å². The molecule has 0 aliphatic heterocycles. The number of isocyanates is 1. The highest BCUT2D eigenvalue weighted by Crippen LogP contribution is 2.33. The van der Waals surface area contributed by atoms with Crippen molar-refractivity contribution in [2.45, 2.75) is 104 Å². The van der Waals surface area contributed by atoms with Gasteiger partial charge in [-0.15, -0.1) is 0 Å². The van der Waals surface area contributed by atoms with Crippen LogP contribution in [0.3, 0.4) is 0 Å². The van der Waals surface area contributed by atoms with E-state index in [9.17, 15) is 14.7 Å². The van der Waals surface area contributed by atoms with Crippen molar-refractivity contribution < 1.29 is 19.4 Å². The van der Waals surface area contributed by atoms with Crippen LogP contribution in [0.4, 0.5) is 5.69 Å². The zero-order valence-electron chi connectivity index (χ0n) is 18.9. The number of aliphatic imine (C=N–C) groups is 1. The second-order valence-electron chi connectivity index (χ2n) is 8.11. The van der Waals surface area contributed by atoms with Gasteiger partial charge in [-0.2, -0.15) is 4.99 Å². The largest absolute Gasteiger partial charge is 0.490 e. The Morgan fingerprint density at radius 3 is 1.87 bits per heavy atom. The van der Waals surface area contributed by atoms with Gasteiger partial charge in [-0.1, -0.05) is 90.4 Å². The lowest BCUT2D eigenvalue weighted by Crippen LogP contribution is -2.05. The van der Waals surface area contributed by atoms with E-state index in [-0.39, 0.29) is 17.0 Å². The molecule has 0 heterocycles. The second kappa shape index (κ2) is 16.6. The monoisotopic (exact) mass is 417 g/mol. The van der Waals surface area contributed by atoms with Gasteiger partial charge >= 0.3 is 5.97 Å². The molecule has 1 aromatic carbocycles. The molecule has 0 aliphatic rings. The van der Waals surface area contributed by atoms with Gasteiger partial charge in [0.1, 0.15) is 11.3 Å². The van der Waals surface area contributed by atoms with Gasteiger partial charge in [-0.3, -0.25) is 0 Å². The van der Waals surface area contributed by atoms with Gasteiger partial charge in [0, 0.05) is 0 Å². The highest BCUT2D eigenvalue weighted by Gasteiger charge is 2.17. The number of carbonyl (C=O) groups excluding carboxylic acids is 1. The molecule has 0 aromatic heterocycles. The van der Waals surface area contributed by atoms with Gasteiger partial charge in [0.05, 0.1) is 6.61 Å². The molecular formula is C25H39NO4. The van der Waals surface area contributed by atoms with Gasteiger partial charge in [-0.25, -0.2) is 9.59 Å². The van der Waals surface area contributed by atoms with Crippen LogP contribution in [0.1, 0.15) is 113 Å². The van der Waals surface area contributed by atoms with Gasteiger partial charge in [-0.05, 0) is 31.0 Å². The molecule has 1 aromatic rings. The standard InChI is InChI=1S/C25H39NO4/c1-3-4-5-6-7-8-9-10-11-12-13-14-15-16-17-30-24-22(25(28)29)18-21(2)19-23(24)26-20-27/h18-19H,3-17H2,1-2H3,(H,28,29). The Hall–Kier alpha value is -2.13. The van der Waals surface area contributed by atoms with Crippen LogP contribution >= 0.6 is 0 Å². The fraction of sp³-hybridized carbons (Fsp3) is 0.680. The van der Waals surface area contributed by atoms with Crippen LogP contribution in [0.5, 0.6) is 5.75 Å². The quantitative estimate of drug-likeness (QED) is 0.152. The van der Waals surface area contributed by atoms with E-state index >= 15 is 0 Å². The first kappa shape index (κ1) is 25.9. The molecule has 0 radical (unpaired) electrons. The van der Waals surface area contributed by atoms with E-state index in [4.69, 9.17) is 4.74 Å². The fourth-order valence-corrected chi connectivity index (χ4v) is 3.67. The number of aromatic carboxylic acids is 1. The molecule has 0 saturated carbocycles. The van der Waals surface area contributed by atoms with Crippen molar-refractivity contribution >= 4 is 17.7 Å². The molecule has 168 valence electrons. The Kier molecular flexibility index (Phi) is 14.4. The van der Waals surface area contributed by atoms with E-state index in [2.05, 4.69) is 11.9 Å². The van der Waals surface area contributed by atoms with Crippen molar-refractivity contribution in [1.82, 2.24) is 0 Å². The van der Waals surface area contributed by atoms with Gasteiger partial charge in [0.2, 0.25) is 6.08 Å². The first-order valence-corrected chi connectivity index (χ1v) is 11.7. The van der Waals surface area contributed by atoms with Crippen LogP contribution < -0.4 is 4.74 Å². The molecule has 0 spiro atoms. The lowest BCUT2D eigenvalue weighted by molar-refractivity contribution is 0.0692. The molecule has 1 N–H and O–H groups in total. The van der Waals surface area contributed by atoms with E-state index in [0.717, 1.165) is 12.8 Å². The molecule has 30 heavy (non-hydrogen) atoms. The third-order valence-electron chi connectivity index (χ3n) is 5.35. The molecule has 5 nitrogen and oxygen atoms in total. The summed E-state index contributed by atoms with van der Waals surface area (Å²) >= 11 is 0. The molecule has 1 rings (SSSR count). The maximum absolute atomic E-state index is 11.5. The SMILES string of the molecule is CCCCCCCCCCCCCCCCOc1c(N=C=O)cc(C)cc1C(=O)O. The van der Waals surface area contributed by atoms with Crippen molar-refractivity contribution in [3.8, 4) is 5.75 Å². The van der Waals surface area contributed by atoms with Crippen molar-refractivity contribution in [3.63, 3.8) is 0 Å². The summed E-state index contributed by atoms with van der Waals surface area (Å²) in [4.78, 5) is 25.7. The van der Waals surface area contributed by atoms with Crippen LogP contribution in [0.2, 0.25) is 0 Å². The first-order valence-electron chi connectivity index (χ1n) is 11.7. The maximum atomic E-state index is 11.5. The maximum Gasteiger partial charge on any atom is 0.339 e. The number of unbranched alkanes of at least 4 members (excludes halogenated alkanes) is 13. The topological polar surface area (TPSA) is 76.0 Å². The summed E-state index contributed by atoms with van der Waals surface area (Å²) in [5, 5.41) is 9.39. The van der Waals surface area contributed by atoms with Crippen molar-refractivity contribution in [3.05, 3.63) is 23.3 Å². The number of ether oxygens (including phenoxy) is 1. The number of carboxylic acid groups (broad SMARTS) is 1. The summed E-state index contributed by atoms with van der Waals surface area (Å²) in [6.07, 6.45) is 19.4. The van der Waals surface area contributed by atoms with Gasteiger partial charge in [0.25, 0.3) is 0 Å². The zero-order valence-corrected chi connectivity index (χ0v) is 18.9. The predicted molar refractivity (Wildman–Crippen MR) is 122 cm³/mol. The normalized spacial score (nSPS) is 10.6. The Balaban J connectivity index is 2.15. The highest BCUT2D eigenvalue weighted by atomic mass is 16.5. The van der Waals surface area contributed by atoms with Crippen LogP contribution in [-0.2, 0) is 4.79 Å². The summed E-state index contributed by atoms with van der Waals surface area (Å²) in [7, 11) is 0. The average molecular weight is 418 g/mol. The van der Waals surface area contributed by atoms with Crippen molar-refractivity contribution in [1.29, 1.82) is 0 Å². The summed E-state index contributed by atoms with van der Waals surface area (Å²) < 4.78 is 5.69. The lowest BCUT2D eigenvalue weighted by atomic mass is 10.0. The van der Waals surface area contributed by atoms with Crippen molar-refractivity contribution in [2.75, 3.05) is 6.61 Å². The summed E-state index contributed by atoms with van der Waals surface area (Å²) in [5.74, 6) is -0.928. The van der Waals surface area contributed by atoms with Gasteiger partial charge in [0.15, 0.2) is 5.75 Å². The van der Waals surface area contributed by atoms with Crippen LogP contribution in [0.15, 0.2) is 17.1 Å². The molecule has 0 fully saturated rings. The minimum Gasteiger partial charge on any atom is -0.490 e. The second-order valence-corrected chi connectivity index (χ2v) is 8.11. The molecule has 5 heteroatoms. The highest BCUT2D eigenvalue weighted by molar-refractivity contribution is 5.93. The smallest absolute Gasteiger partial charge is 0.339 e. The van der Waals surface area contributed by atoms with E-state index in [1.807, 2.05) is 0 Å². The Morgan fingerprint density at radius 2 is 1.40 bits per heavy atom. The fourth-order valence-electron chi connectivity index (χ4n) is 3.67. The minimum absolute atomic E-state index is 0.0364. The number of rotatable bonds is 18. The Morgan fingerprint density at radius 1 is 0.900 bits per heavy atom. The first-order chi connectivity index (χ1) is 14.6. The summed E-state index contributed by atoms with van der Waals surface area (Å²) in [6, 6.07) is 3.17. The van der Waals surface area contributed by atoms with Crippen LogP contribution in [0, 0.1) is 6.92 Å². The lowest BCUT2D eigenvalue weighted by Gasteiger charge is -2.12. The van der Waals surface area contributed by atoms with E-state index in [0.29, 0.717) is 12.2 Å². The number of nitrogens with zero attached hydrogens (tertiary/aromatic N) is 1.